The predicted octanol–water partition coefficient (Wildman–Crippen LogP) is 4.42. The molecule has 2 aromatic heterocycles. The molecule has 4 rings (SSSR count). The first-order valence-corrected chi connectivity index (χ1v) is 13.2. The van der Waals surface area contributed by atoms with Crippen molar-refractivity contribution >= 4 is 28.8 Å². The zero-order valence-corrected chi connectivity index (χ0v) is 23.7. The van der Waals surface area contributed by atoms with Crippen LogP contribution < -0.4 is 19.7 Å². The molecule has 0 spiro atoms. The third kappa shape index (κ3) is 6.43. The molecule has 4 aromatic rings. The number of carbonyl (C=O) groups is 2. The lowest BCUT2D eigenvalue weighted by molar-refractivity contribution is -0.128. The number of amides is 2. The van der Waals surface area contributed by atoms with Gasteiger partial charge in [0.1, 0.15) is 24.1 Å². The van der Waals surface area contributed by atoms with E-state index in [1.807, 2.05) is 69.5 Å². The number of benzene rings is 2. The standard InChI is InChI=1S/C28H32N6O4S/c1-18-10-7-8-11-21(18)34(24(35)17-33-31-26(30-32-33)23-12-9-15-39-23)25(27(36)29-28(2,3)4)20-16-19(37-5)13-14-22(20)38-6/h7-16,25H,17H2,1-6H3,(H,29,36)/t25-/m1/s1. The Bertz CT molecular complexity index is 1440. The maximum absolute atomic E-state index is 14.1. The minimum atomic E-state index is -1.09. The second-order valence-electron chi connectivity index (χ2n) is 9.92. The van der Waals surface area contributed by atoms with Gasteiger partial charge < -0.3 is 14.8 Å². The third-order valence-corrected chi connectivity index (χ3v) is 6.72. The summed E-state index contributed by atoms with van der Waals surface area (Å²) in [5.74, 6) is 0.608. The molecule has 0 aliphatic rings. The summed E-state index contributed by atoms with van der Waals surface area (Å²) in [5, 5.41) is 17.6. The number of thiophene rings is 1. The number of carbonyl (C=O) groups excluding carboxylic acids is 2. The fourth-order valence-corrected chi connectivity index (χ4v) is 4.80. The second-order valence-corrected chi connectivity index (χ2v) is 10.9. The van der Waals surface area contributed by atoms with E-state index >= 15 is 0 Å². The molecule has 0 fully saturated rings. The van der Waals surface area contributed by atoms with Gasteiger partial charge in [-0.3, -0.25) is 14.5 Å². The van der Waals surface area contributed by atoms with E-state index in [2.05, 4.69) is 20.7 Å². The van der Waals surface area contributed by atoms with Gasteiger partial charge in [-0.15, -0.1) is 21.5 Å². The van der Waals surface area contributed by atoms with Gasteiger partial charge >= 0.3 is 0 Å². The number of rotatable bonds is 9. The molecule has 1 N–H and O–H groups in total. The van der Waals surface area contributed by atoms with Gasteiger partial charge in [-0.1, -0.05) is 24.3 Å². The highest BCUT2D eigenvalue weighted by atomic mass is 32.1. The summed E-state index contributed by atoms with van der Waals surface area (Å²) in [7, 11) is 3.07. The summed E-state index contributed by atoms with van der Waals surface area (Å²) in [6.45, 7) is 7.31. The summed E-state index contributed by atoms with van der Waals surface area (Å²) in [5.41, 5.74) is 1.29. The highest BCUT2D eigenvalue weighted by Gasteiger charge is 2.37. The van der Waals surface area contributed by atoms with Crippen LogP contribution in [-0.2, 0) is 16.1 Å². The Morgan fingerprint density at radius 3 is 2.49 bits per heavy atom. The maximum Gasteiger partial charge on any atom is 0.251 e. The van der Waals surface area contributed by atoms with Gasteiger partial charge in [0, 0.05) is 16.8 Å². The van der Waals surface area contributed by atoms with Crippen molar-refractivity contribution in [2.24, 2.45) is 0 Å². The number of ether oxygens (including phenoxy) is 2. The molecule has 0 saturated heterocycles. The van der Waals surface area contributed by atoms with E-state index in [0.29, 0.717) is 28.6 Å². The quantitative estimate of drug-likeness (QED) is 0.330. The zero-order valence-electron chi connectivity index (χ0n) is 22.8. The Morgan fingerprint density at radius 1 is 1.08 bits per heavy atom. The molecule has 0 aliphatic carbocycles. The molecule has 2 heterocycles. The molecule has 0 aliphatic heterocycles. The fourth-order valence-electron chi connectivity index (χ4n) is 4.15. The fraction of sp³-hybridized carbons (Fsp3) is 0.321. The van der Waals surface area contributed by atoms with Crippen molar-refractivity contribution in [3.8, 4) is 22.2 Å². The molecule has 0 saturated carbocycles. The lowest BCUT2D eigenvalue weighted by atomic mass is 9.98. The largest absolute Gasteiger partial charge is 0.497 e. The monoisotopic (exact) mass is 548 g/mol. The molecule has 1 atom stereocenters. The number of para-hydroxylation sites is 1. The number of nitrogens with zero attached hydrogens (tertiary/aromatic N) is 5. The van der Waals surface area contributed by atoms with Gasteiger partial charge in [0.2, 0.25) is 11.7 Å². The number of aryl methyl sites for hydroxylation is 1. The summed E-state index contributed by atoms with van der Waals surface area (Å²) < 4.78 is 11.1. The van der Waals surface area contributed by atoms with E-state index in [9.17, 15) is 9.59 Å². The van der Waals surface area contributed by atoms with Crippen molar-refractivity contribution in [1.29, 1.82) is 0 Å². The van der Waals surface area contributed by atoms with Gasteiger partial charge in [0.05, 0.1) is 19.1 Å². The normalized spacial score (nSPS) is 12.1. The second kappa shape index (κ2) is 11.6. The minimum absolute atomic E-state index is 0.238. The SMILES string of the molecule is COc1ccc(OC)c([C@H](C(=O)NC(C)(C)C)N(C(=O)Cn2nnc(-c3cccs3)n2)c2ccccc2C)c1. The summed E-state index contributed by atoms with van der Waals surface area (Å²) in [6.07, 6.45) is 0. The summed E-state index contributed by atoms with van der Waals surface area (Å²) >= 11 is 1.48. The van der Waals surface area contributed by atoms with Crippen LogP contribution in [0.2, 0.25) is 0 Å². The molecule has 0 unspecified atom stereocenters. The molecule has 11 heteroatoms. The Hall–Kier alpha value is -4.25. The van der Waals surface area contributed by atoms with Crippen molar-refractivity contribution in [3.05, 3.63) is 71.1 Å². The molecule has 0 radical (unpaired) electrons. The molecular formula is C28H32N6O4S. The third-order valence-electron chi connectivity index (χ3n) is 5.85. The number of aromatic nitrogens is 4. The minimum Gasteiger partial charge on any atom is -0.497 e. The van der Waals surface area contributed by atoms with Crippen molar-refractivity contribution in [2.45, 2.75) is 45.8 Å². The number of hydrogen-bond donors (Lipinski definition) is 1. The van der Waals surface area contributed by atoms with Gasteiger partial charge in [-0.25, -0.2) is 0 Å². The van der Waals surface area contributed by atoms with Crippen LogP contribution in [-0.4, -0.2) is 51.8 Å². The molecule has 10 nitrogen and oxygen atoms in total. The number of anilines is 1. The van der Waals surface area contributed by atoms with Crippen LogP contribution >= 0.6 is 11.3 Å². The molecule has 204 valence electrons. The van der Waals surface area contributed by atoms with Gasteiger partial charge in [-0.2, -0.15) is 4.80 Å². The van der Waals surface area contributed by atoms with Crippen molar-refractivity contribution in [1.82, 2.24) is 25.5 Å². The van der Waals surface area contributed by atoms with E-state index in [1.54, 1.807) is 25.3 Å². The maximum atomic E-state index is 14.1. The topological polar surface area (TPSA) is 111 Å². The van der Waals surface area contributed by atoms with Gasteiger partial charge in [0.25, 0.3) is 5.91 Å². The van der Waals surface area contributed by atoms with Crippen LogP contribution in [0.4, 0.5) is 5.69 Å². The average Bonchev–Trinajstić information content (AvgIpc) is 3.58. The van der Waals surface area contributed by atoms with E-state index in [4.69, 9.17) is 9.47 Å². The number of tetrazole rings is 1. The lowest BCUT2D eigenvalue weighted by Gasteiger charge is -2.35. The van der Waals surface area contributed by atoms with Crippen LogP contribution in [0.25, 0.3) is 10.7 Å². The average molecular weight is 549 g/mol. The highest BCUT2D eigenvalue weighted by Crippen LogP contribution is 2.37. The molecular weight excluding hydrogens is 516 g/mol. The Morgan fingerprint density at radius 2 is 1.85 bits per heavy atom. The Kier molecular flexibility index (Phi) is 8.29. The highest BCUT2D eigenvalue weighted by molar-refractivity contribution is 7.13. The van der Waals surface area contributed by atoms with Crippen LogP contribution in [0, 0.1) is 6.92 Å². The molecule has 2 aromatic carbocycles. The smallest absolute Gasteiger partial charge is 0.251 e. The first-order valence-electron chi connectivity index (χ1n) is 12.3. The van der Waals surface area contributed by atoms with Crippen molar-refractivity contribution < 1.29 is 19.1 Å². The molecule has 39 heavy (non-hydrogen) atoms. The number of nitrogens with one attached hydrogen (secondary N) is 1. The molecule has 2 amide bonds. The van der Waals surface area contributed by atoms with E-state index in [1.165, 1.54) is 28.1 Å². The number of methoxy groups -OCH3 is 2. The first kappa shape index (κ1) is 27.8. The van der Waals surface area contributed by atoms with Crippen LogP contribution in [0.5, 0.6) is 11.5 Å². The Balaban J connectivity index is 1.85. The van der Waals surface area contributed by atoms with Gasteiger partial charge in [-0.05, 0) is 74.2 Å². The van der Waals surface area contributed by atoms with Crippen molar-refractivity contribution in [3.63, 3.8) is 0 Å². The van der Waals surface area contributed by atoms with Gasteiger partial charge in [0.15, 0.2) is 0 Å². The van der Waals surface area contributed by atoms with Crippen LogP contribution in [0.15, 0.2) is 60.0 Å². The van der Waals surface area contributed by atoms with E-state index in [0.717, 1.165) is 10.4 Å². The predicted molar refractivity (Wildman–Crippen MR) is 150 cm³/mol. The van der Waals surface area contributed by atoms with Crippen LogP contribution in [0.1, 0.15) is 37.9 Å². The molecule has 0 bridgehead atoms. The van der Waals surface area contributed by atoms with E-state index in [-0.39, 0.29) is 12.5 Å². The lowest BCUT2D eigenvalue weighted by Crippen LogP contribution is -2.50. The zero-order chi connectivity index (χ0) is 28.2. The van der Waals surface area contributed by atoms with E-state index < -0.39 is 17.5 Å². The summed E-state index contributed by atoms with van der Waals surface area (Å²) in [6, 6.07) is 15.3. The Labute approximate surface area is 231 Å². The number of hydrogen-bond acceptors (Lipinski definition) is 8. The van der Waals surface area contributed by atoms with Crippen LogP contribution in [0.3, 0.4) is 0 Å². The summed E-state index contributed by atoms with van der Waals surface area (Å²) in [4.78, 5) is 31.7. The first-order chi connectivity index (χ1) is 18.6. The van der Waals surface area contributed by atoms with Crippen molar-refractivity contribution in [2.75, 3.05) is 19.1 Å².